The lowest BCUT2D eigenvalue weighted by molar-refractivity contribution is -0.110. The van der Waals surface area contributed by atoms with Gasteiger partial charge in [-0.2, -0.15) is 0 Å². The SMILES string of the molecule is C=CC(C=O)CCCC. The van der Waals surface area contributed by atoms with Gasteiger partial charge in [-0.05, 0) is 6.42 Å². The van der Waals surface area contributed by atoms with Crippen LogP contribution < -0.4 is 0 Å². The van der Waals surface area contributed by atoms with Crippen LogP contribution in [0.25, 0.3) is 0 Å². The zero-order chi connectivity index (χ0) is 7.11. The van der Waals surface area contributed by atoms with Gasteiger partial charge in [0.15, 0.2) is 0 Å². The molecule has 0 aromatic rings. The fourth-order valence-corrected chi connectivity index (χ4v) is 0.681. The molecular formula is C8H14O. The maximum atomic E-state index is 10.2. The number of hydrogen-bond donors (Lipinski definition) is 0. The summed E-state index contributed by atoms with van der Waals surface area (Å²) < 4.78 is 0. The Morgan fingerprint density at radius 1 is 1.67 bits per heavy atom. The highest BCUT2D eigenvalue weighted by molar-refractivity contribution is 5.55. The smallest absolute Gasteiger partial charge is 0.126 e. The van der Waals surface area contributed by atoms with Crippen LogP contribution in [0.1, 0.15) is 26.2 Å². The molecule has 52 valence electrons. The highest BCUT2D eigenvalue weighted by Crippen LogP contribution is 2.05. The second-order valence-corrected chi connectivity index (χ2v) is 2.18. The first-order chi connectivity index (χ1) is 4.35. The molecule has 0 spiro atoms. The Hall–Kier alpha value is -0.590. The van der Waals surface area contributed by atoms with E-state index in [4.69, 9.17) is 0 Å². The van der Waals surface area contributed by atoms with Crippen molar-refractivity contribution in [3.63, 3.8) is 0 Å². The molecular weight excluding hydrogens is 112 g/mol. The summed E-state index contributed by atoms with van der Waals surface area (Å²) in [5, 5.41) is 0. The first-order valence-electron chi connectivity index (χ1n) is 3.43. The van der Waals surface area contributed by atoms with Gasteiger partial charge in [-0.3, -0.25) is 0 Å². The van der Waals surface area contributed by atoms with Gasteiger partial charge in [-0.25, -0.2) is 0 Å². The van der Waals surface area contributed by atoms with Crippen LogP contribution in [-0.4, -0.2) is 6.29 Å². The van der Waals surface area contributed by atoms with Crippen LogP contribution in [0.2, 0.25) is 0 Å². The Labute approximate surface area is 56.8 Å². The first kappa shape index (κ1) is 8.41. The monoisotopic (exact) mass is 126 g/mol. The van der Waals surface area contributed by atoms with E-state index < -0.39 is 0 Å². The molecule has 0 rings (SSSR count). The summed E-state index contributed by atoms with van der Waals surface area (Å²) in [5.41, 5.74) is 0. The maximum absolute atomic E-state index is 10.2. The maximum Gasteiger partial charge on any atom is 0.126 e. The Morgan fingerprint density at radius 3 is 2.67 bits per heavy atom. The van der Waals surface area contributed by atoms with Gasteiger partial charge in [-0.1, -0.05) is 25.8 Å². The second kappa shape index (κ2) is 5.54. The zero-order valence-electron chi connectivity index (χ0n) is 5.97. The molecule has 0 saturated heterocycles. The molecule has 1 heteroatoms. The average Bonchev–Trinajstić information content (AvgIpc) is 1.91. The molecule has 0 aromatic heterocycles. The highest BCUT2D eigenvalue weighted by Gasteiger charge is 1.98. The van der Waals surface area contributed by atoms with Crippen molar-refractivity contribution in [2.45, 2.75) is 26.2 Å². The van der Waals surface area contributed by atoms with Crippen molar-refractivity contribution in [1.82, 2.24) is 0 Å². The number of carbonyl (C=O) groups excluding carboxylic acids is 1. The first-order valence-corrected chi connectivity index (χ1v) is 3.43. The minimum atomic E-state index is 0.0879. The van der Waals surface area contributed by atoms with Crippen molar-refractivity contribution < 1.29 is 4.79 Å². The predicted octanol–water partition coefficient (Wildman–Crippen LogP) is 2.18. The van der Waals surface area contributed by atoms with Crippen molar-refractivity contribution >= 4 is 6.29 Å². The normalized spacial score (nSPS) is 12.6. The average molecular weight is 126 g/mol. The fraction of sp³-hybridized carbons (Fsp3) is 0.625. The lowest BCUT2D eigenvalue weighted by Gasteiger charge is -1.99. The van der Waals surface area contributed by atoms with Crippen molar-refractivity contribution in [3.8, 4) is 0 Å². The Kier molecular flexibility index (Phi) is 5.18. The molecule has 0 aliphatic rings. The number of allylic oxidation sites excluding steroid dienone is 1. The largest absolute Gasteiger partial charge is 0.303 e. The predicted molar refractivity (Wildman–Crippen MR) is 39.3 cm³/mol. The van der Waals surface area contributed by atoms with Gasteiger partial charge in [0, 0.05) is 5.92 Å². The number of rotatable bonds is 5. The molecule has 0 bridgehead atoms. The van der Waals surface area contributed by atoms with Crippen molar-refractivity contribution in [2.75, 3.05) is 0 Å². The van der Waals surface area contributed by atoms with E-state index in [1.165, 1.54) is 0 Å². The summed E-state index contributed by atoms with van der Waals surface area (Å²) in [5.74, 6) is 0.0879. The van der Waals surface area contributed by atoms with E-state index in [2.05, 4.69) is 13.5 Å². The van der Waals surface area contributed by atoms with Crippen molar-refractivity contribution in [1.29, 1.82) is 0 Å². The third-order valence-corrected chi connectivity index (χ3v) is 1.37. The summed E-state index contributed by atoms with van der Waals surface area (Å²) >= 11 is 0. The standard InChI is InChI=1S/C8H14O/c1-3-5-6-8(4-2)7-9/h4,7-8H,2-3,5-6H2,1H3. The molecule has 0 aliphatic carbocycles. The van der Waals surface area contributed by atoms with Crippen LogP contribution >= 0.6 is 0 Å². The van der Waals surface area contributed by atoms with E-state index in [0.717, 1.165) is 25.5 Å². The zero-order valence-corrected chi connectivity index (χ0v) is 5.97. The number of unbranched alkanes of at least 4 members (excludes halogenated alkanes) is 1. The highest BCUT2D eigenvalue weighted by atomic mass is 16.1. The van der Waals surface area contributed by atoms with Crippen LogP contribution in [0.3, 0.4) is 0 Å². The Balaban J connectivity index is 3.30. The molecule has 0 aromatic carbocycles. The van der Waals surface area contributed by atoms with Crippen molar-refractivity contribution in [2.24, 2.45) is 5.92 Å². The molecule has 0 amide bonds. The van der Waals surface area contributed by atoms with Crippen LogP contribution in [0.4, 0.5) is 0 Å². The third-order valence-electron chi connectivity index (χ3n) is 1.37. The minimum Gasteiger partial charge on any atom is -0.303 e. The van der Waals surface area contributed by atoms with Gasteiger partial charge in [0.25, 0.3) is 0 Å². The van der Waals surface area contributed by atoms with Crippen LogP contribution in [0.5, 0.6) is 0 Å². The molecule has 1 nitrogen and oxygen atoms in total. The van der Waals surface area contributed by atoms with Gasteiger partial charge >= 0.3 is 0 Å². The quantitative estimate of drug-likeness (QED) is 0.407. The van der Waals surface area contributed by atoms with Crippen molar-refractivity contribution in [3.05, 3.63) is 12.7 Å². The van der Waals surface area contributed by atoms with E-state index in [0.29, 0.717) is 0 Å². The second-order valence-electron chi connectivity index (χ2n) is 2.18. The molecule has 0 aliphatic heterocycles. The summed E-state index contributed by atoms with van der Waals surface area (Å²) in [6.07, 6.45) is 5.91. The summed E-state index contributed by atoms with van der Waals surface area (Å²) in [7, 11) is 0. The molecule has 0 saturated carbocycles. The molecule has 0 N–H and O–H groups in total. The molecule has 0 radical (unpaired) electrons. The molecule has 1 unspecified atom stereocenters. The van der Waals surface area contributed by atoms with Gasteiger partial charge < -0.3 is 4.79 Å². The van der Waals surface area contributed by atoms with Gasteiger partial charge in [0.1, 0.15) is 6.29 Å². The van der Waals surface area contributed by atoms with Gasteiger partial charge in [0.2, 0.25) is 0 Å². The van der Waals surface area contributed by atoms with Gasteiger partial charge in [0.05, 0.1) is 0 Å². The fourth-order valence-electron chi connectivity index (χ4n) is 0.681. The number of carbonyl (C=O) groups is 1. The third kappa shape index (κ3) is 3.95. The van der Waals surface area contributed by atoms with Crippen LogP contribution in [0.15, 0.2) is 12.7 Å². The Bertz CT molecular complexity index is 78.6. The molecule has 9 heavy (non-hydrogen) atoms. The lowest BCUT2D eigenvalue weighted by Crippen LogP contribution is -1.95. The molecule has 0 fully saturated rings. The van der Waals surface area contributed by atoms with E-state index in [1.807, 2.05) is 0 Å². The van der Waals surface area contributed by atoms with Crippen LogP contribution in [0, 0.1) is 5.92 Å². The van der Waals surface area contributed by atoms with E-state index >= 15 is 0 Å². The number of aldehydes is 1. The molecule has 1 atom stereocenters. The number of hydrogen-bond acceptors (Lipinski definition) is 1. The lowest BCUT2D eigenvalue weighted by atomic mass is 10.0. The van der Waals surface area contributed by atoms with Gasteiger partial charge in [-0.15, -0.1) is 6.58 Å². The summed E-state index contributed by atoms with van der Waals surface area (Å²) in [6, 6.07) is 0. The van der Waals surface area contributed by atoms with Crippen LogP contribution in [-0.2, 0) is 4.79 Å². The Morgan fingerprint density at radius 2 is 2.33 bits per heavy atom. The minimum absolute atomic E-state index is 0.0879. The topological polar surface area (TPSA) is 17.1 Å². The molecule has 0 heterocycles. The summed E-state index contributed by atoms with van der Waals surface area (Å²) in [6.45, 7) is 5.67. The van der Waals surface area contributed by atoms with E-state index in [9.17, 15) is 4.79 Å². The van der Waals surface area contributed by atoms with E-state index in [1.54, 1.807) is 6.08 Å². The van der Waals surface area contributed by atoms with E-state index in [-0.39, 0.29) is 5.92 Å². The summed E-state index contributed by atoms with van der Waals surface area (Å²) in [4.78, 5) is 10.2.